The number of hydrogen-bond donors (Lipinski definition) is 3. The van der Waals surface area contributed by atoms with Gasteiger partial charge >= 0.3 is 0 Å². The van der Waals surface area contributed by atoms with Crippen molar-refractivity contribution in [3.05, 3.63) is 29.8 Å². The number of primary amides is 1. The quantitative estimate of drug-likeness (QED) is 0.609. The van der Waals surface area contributed by atoms with Crippen LogP contribution in [-0.4, -0.2) is 18.9 Å². The molecule has 0 saturated heterocycles. The van der Waals surface area contributed by atoms with Crippen molar-refractivity contribution in [1.82, 2.24) is 6.15 Å². The highest BCUT2D eigenvalue weighted by Gasteiger charge is 2.10. The zero-order valence-corrected chi connectivity index (χ0v) is 7.99. The Balaban J connectivity index is 0.00000169. The maximum absolute atomic E-state index is 10.6. The standard InChI is InChI=1S/C7H7NO4S.H3N/c8-7(9)5-2-1-3-6(4-5)13(10,11)12;/h1-4H,(H2,8,9)(H,10,11,12);1H3. The number of amides is 1. The molecule has 0 atom stereocenters. The molecule has 0 bridgehead atoms. The molecule has 0 aromatic heterocycles. The second kappa shape index (κ2) is 4.18. The second-order valence-electron chi connectivity index (χ2n) is 2.37. The summed E-state index contributed by atoms with van der Waals surface area (Å²) in [5, 5.41) is 0. The highest BCUT2D eigenvalue weighted by molar-refractivity contribution is 7.85. The van der Waals surface area contributed by atoms with Gasteiger partial charge in [0.15, 0.2) is 0 Å². The van der Waals surface area contributed by atoms with Crippen LogP contribution in [0.3, 0.4) is 0 Å². The maximum Gasteiger partial charge on any atom is 0.294 e. The van der Waals surface area contributed by atoms with E-state index in [1.807, 2.05) is 0 Å². The first kappa shape index (κ1) is 12.6. The fourth-order valence-electron chi connectivity index (χ4n) is 0.810. The predicted octanol–water partition coefficient (Wildman–Crippen LogP) is 0.194. The molecule has 0 radical (unpaired) electrons. The summed E-state index contributed by atoms with van der Waals surface area (Å²) in [6, 6.07) is 4.86. The number of benzene rings is 1. The Morgan fingerprint density at radius 2 is 1.93 bits per heavy atom. The van der Waals surface area contributed by atoms with Crippen molar-refractivity contribution in [3.8, 4) is 0 Å². The Morgan fingerprint density at radius 3 is 2.36 bits per heavy atom. The lowest BCUT2D eigenvalue weighted by Gasteiger charge is -1.98. The van der Waals surface area contributed by atoms with Gasteiger partial charge in [-0.15, -0.1) is 0 Å². The minimum absolute atomic E-state index is 0. The zero-order valence-electron chi connectivity index (χ0n) is 7.17. The Hall–Kier alpha value is -1.44. The first-order chi connectivity index (χ1) is 5.91. The number of hydrogen-bond acceptors (Lipinski definition) is 4. The van der Waals surface area contributed by atoms with Gasteiger partial charge in [-0.2, -0.15) is 8.42 Å². The minimum atomic E-state index is -4.27. The van der Waals surface area contributed by atoms with Gasteiger partial charge in [-0.1, -0.05) is 6.07 Å². The fourth-order valence-corrected chi connectivity index (χ4v) is 1.34. The van der Waals surface area contributed by atoms with Crippen LogP contribution in [0.5, 0.6) is 0 Å². The van der Waals surface area contributed by atoms with Crippen LogP contribution in [-0.2, 0) is 10.1 Å². The van der Waals surface area contributed by atoms with Crippen LogP contribution in [0.2, 0.25) is 0 Å². The topological polar surface area (TPSA) is 132 Å². The van der Waals surface area contributed by atoms with Gasteiger partial charge in [0.05, 0.1) is 4.90 Å². The van der Waals surface area contributed by atoms with E-state index in [0.717, 1.165) is 6.07 Å². The monoisotopic (exact) mass is 218 g/mol. The van der Waals surface area contributed by atoms with Gasteiger partial charge in [0.25, 0.3) is 10.1 Å². The molecule has 1 aromatic rings. The number of rotatable bonds is 2. The fraction of sp³-hybridized carbons (Fsp3) is 0. The van der Waals surface area contributed by atoms with E-state index in [2.05, 4.69) is 0 Å². The summed E-state index contributed by atoms with van der Waals surface area (Å²) >= 11 is 0. The van der Waals surface area contributed by atoms with Crippen LogP contribution in [0.4, 0.5) is 0 Å². The van der Waals surface area contributed by atoms with Crippen molar-refractivity contribution >= 4 is 16.0 Å². The lowest BCUT2D eigenvalue weighted by Crippen LogP contribution is -2.11. The maximum atomic E-state index is 10.6. The van der Waals surface area contributed by atoms with Crippen molar-refractivity contribution in [3.63, 3.8) is 0 Å². The molecule has 0 saturated carbocycles. The molecule has 6 nitrogen and oxygen atoms in total. The van der Waals surface area contributed by atoms with Crippen LogP contribution in [0.15, 0.2) is 29.2 Å². The molecular weight excluding hydrogens is 208 g/mol. The van der Waals surface area contributed by atoms with E-state index < -0.39 is 16.0 Å². The molecule has 0 unspecified atom stereocenters. The average Bonchev–Trinajstić information content (AvgIpc) is 2.03. The predicted molar refractivity (Wildman–Crippen MR) is 49.8 cm³/mol. The molecule has 0 aliphatic heterocycles. The van der Waals surface area contributed by atoms with Crippen LogP contribution in [0.1, 0.15) is 10.4 Å². The summed E-state index contributed by atoms with van der Waals surface area (Å²) in [4.78, 5) is 10.3. The van der Waals surface area contributed by atoms with Gasteiger partial charge in [0.1, 0.15) is 0 Å². The summed E-state index contributed by atoms with van der Waals surface area (Å²) in [6.07, 6.45) is 0. The van der Waals surface area contributed by atoms with Crippen molar-refractivity contribution in [1.29, 1.82) is 0 Å². The lowest BCUT2D eigenvalue weighted by molar-refractivity contribution is 0.1000. The Kier molecular flexibility index (Phi) is 3.75. The lowest BCUT2D eigenvalue weighted by atomic mass is 10.2. The number of nitrogens with two attached hydrogens (primary N) is 1. The SMILES string of the molecule is N.NC(=O)c1cccc(S(=O)(=O)O)c1. The van der Waals surface area contributed by atoms with Crippen molar-refractivity contribution in [2.24, 2.45) is 5.73 Å². The van der Waals surface area contributed by atoms with E-state index in [0.29, 0.717) is 0 Å². The molecule has 1 amide bonds. The van der Waals surface area contributed by atoms with Gasteiger partial charge in [0, 0.05) is 5.56 Å². The highest BCUT2D eigenvalue weighted by Crippen LogP contribution is 2.10. The molecule has 0 heterocycles. The largest absolute Gasteiger partial charge is 0.366 e. The van der Waals surface area contributed by atoms with Gasteiger partial charge in [0.2, 0.25) is 5.91 Å². The van der Waals surface area contributed by atoms with Crippen LogP contribution in [0.25, 0.3) is 0 Å². The van der Waals surface area contributed by atoms with E-state index >= 15 is 0 Å². The molecule has 0 fully saturated rings. The van der Waals surface area contributed by atoms with Crippen molar-refractivity contribution in [2.45, 2.75) is 4.90 Å². The summed E-state index contributed by atoms with van der Waals surface area (Å²) in [7, 11) is -4.27. The van der Waals surface area contributed by atoms with Gasteiger partial charge < -0.3 is 11.9 Å². The third-order valence-electron chi connectivity index (χ3n) is 1.42. The van der Waals surface area contributed by atoms with Crippen LogP contribution >= 0.6 is 0 Å². The van der Waals surface area contributed by atoms with Crippen molar-refractivity contribution in [2.75, 3.05) is 0 Å². The third-order valence-corrected chi connectivity index (χ3v) is 2.27. The second-order valence-corrected chi connectivity index (χ2v) is 3.79. The smallest absolute Gasteiger partial charge is 0.294 e. The zero-order chi connectivity index (χ0) is 10.1. The number of carbonyl (C=O) groups excluding carboxylic acids is 1. The summed E-state index contributed by atoms with van der Waals surface area (Å²) in [5.74, 6) is -0.745. The Morgan fingerprint density at radius 1 is 1.36 bits per heavy atom. The molecule has 0 spiro atoms. The molecule has 1 aromatic carbocycles. The molecule has 14 heavy (non-hydrogen) atoms. The summed E-state index contributed by atoms with van der Waals surface area (Å²) in [6.45, 7) is 0. The summed E-state index contributed by atoms with van der Waals surface area (Å²) in [5.41, 5.74) is 4.95. The number of carbonyl (C=O) groups is 1. The first-order valence-electron chi connectivity index (χ1n) is 3.28. The Labute approximate surface area is 81.1 Å². The molecule has 0 aliphatic carbocycles. The van der Waals surface area contributed by atoms with Crippen molar-refractivity contribution < 1.29 is 17.8 Å². The van der Waals surface area contributed by atoms with Gasteiger partial charge in [-0.25, -0.2) is 0 Å². The highest BCUT2D eigenvalue weighted by atomic mass is 32.2. The normalized spacial score (nSPS) is 10.4. The molecule has 78 valence electrons. The third kappa shape index (κ3) is 2.80. The summed E-state index contributed by atoms with van der Waals surface area (Å²) < 4.78 is 29.8. The Bertz CT molecular complexity index is 441. The first-order valence-corrected chi connectivity index (χ1v) is 4.72. The van der Waals surface area contributed by atoms with Gasteiger partial charge in [-0.05, 0) is 18.2 Å². The molecule has 6 N–H and O–H groups in total. The van der Waals surface area contributed by atoms with Crippen LogP contribution in [0, 0.1) is 0 Å². The molecule has 0 aliphatic rings. The minimum Gasteiger partial charge on any atom is -0.366 e. The molecule has 7 heteroatoms. The molecular formula is C7H10N2O4S. The average molecular weight is 218 g/mol. The van der Waals surface area contributed by atoms with E-state index in [-0.39, 0.29) is 16.6 Å². The molecule has 1 rings (SSSR count). The van der Waals surface area contributed by atoms with E-state index in [9.17, 15) is 13.2 Å². The van der Waals surface area contributed by atoms with Gasteiger partial charge in [-0.3, -0.25) is 9.35 Å². The van der Waals surface area contributed by atoms with Crippen LogP contribution < -0.4 is 11.9 Å². The van der Waals surface area contributed by atoms with E-state index in [4.69, 9.17) is 10.3 Å². The van der Waals surface area contributed by atoms with E-state index in [1.165, 1.54) is 18.2 Å². The van der Waals surface area contributed by atoms with E-state index in [1.54, 1.807) is 0 Å².